The van der Waals surface area contributed by atoms with Crippen molar-refractivity contribution in [2.45, 2.75) is 0 Å². The van der Waals surface area contributed by atoms with Crippen molar-refractivity contribution in [3.8, 4) is 39.9 Å². The lowest BCUT2D eigenvalue weighted by molar-refractivity contribution is 0.548. The first-order valence-electron chi connectivity index (χ1n) is 16.4. The van der Waals surface area contributed by atoms with Crippen LogP contribution in [0.4, 0.5) is 17.1 Å². The molecule has 0 atom stereocenters. The van der Waals surface area contributed by atoms with Gasteiger partial charge >= 0.3 is 0 Å². The predicted molar refractivity (Wildman–Crippen MR) is 202 cm³/mol. The van der Waals surface area contributed by atoms with Crippen LogP contribution in [0.3, 0.4) is 0 Å². The quantitative estimate of drug-likeness (QED) is 0.131. The average Bonchev–Trinajstić information content (AvgIpc) is 3.19. The number of rotatable bonds is 8. The number of ether oxygens (including phenoxy) is 1. The summed E-state index contributed by atoms with van der Waals surface area (Å²) in [7, 11) is 0. The molecule has 0 aliphatic rings. The average molecular weight is 646 g/mol. The van der Waals surface area contributed by atoms with Gasteiger partial charge in [0.1, 0.15) is 5.75 Å². The van der Waals surface area contributed by atoms with Gasteiger partial charge in [0.2, 0.25) is 5.90 Å². The highest BCUT2D eigenvalue weighted by atomic mass is 16.5. The van der Waals surface area contributed by atoms with E-state index in [9.17, 15) is 0 Å². The SMILES string of the molecule is N=C(Oc1ccccc1)c1ccccc1N(c1ccccc1)c1ccc2ccc(-c3nc(-c4ccccc4)nc(-c4ccccc4)n3)cc2c1. The van der Waals surface area contributed by atoms with Crippen LogP contribution >= 0.6 is 0 Å². The van der Waals surface area contributed by atoms with Crippen molar-refractivity contribution in [2.75, 3.05) is 4.90 Å². The Balaban J connectivity index is 1.24. The van der Waals surface area contributed by atoms with Crippen molar-refractivity contribution >= 4 is 33.7 Å². The lowest BCUT2D eigenvalue weighted by atomic mass is 10.0. The van der Waals surface area contributed by atoms with Gasteiger partial charge < -0.3 is 9.64 Å². The fourth-order valence-electron chi connectivity index (χ4n) is 5.98. The minimum Gasteiger partial charge on any atom is -0.439 e. The third-order valence-electron chi connectivity index (χ3n) is 8.41. The summed E-state index contributed by atoms with van der Waals surface area (Å²) in [6, 6.07) is 60.2. The second-order valence-electron chi connectivity index (χ2n) is 11.7. The van der Waals surface area contributed by atoms with Gasteiger partial charge in [-0.1, -0.05) is 127 Å². The highest BCUT2D eigenvalue weighted by molar-refractivity contribution is 6.02. The molecule has 7 aromatic carbocycles. The zero-order chi connectivity index (χ0) is 33.7. The van der Waals surface area contributed by atoms with Crippen LogP contribution in [-0.2, 0) is 0 Å². The van der Waals surface area contributed by atoms with E-state index in [-0.39, 0.29) is 5.90 Å². The topological polar surface area (TPSA) is 75.0 Å². The molecular weight excluding hydrogens is 615 g/mol. The summed E-state index contributed by atoms with van der Waals surface area (Å²) in [5.41, 5.74) is 6.13. The van der Waals surface area contributed by atoms with Crippen LogP contribution in [0, 0.1) is 5.41 Å². The standard InChI is InChI=1S/C44H31N5O/c45-41(50-38-21-11-4-12-22-38)39-23-13-14-24-40(39)49(36-19-9-3-10-20-36)37-28-27-31-25-26-34(29-35(31)30-37)44-47-42(32-15-5-1-6-16-32)46-43(48-44)33-17-7-2-8-18-33/h1-30,45H. The van der Waals surface area contributed by atoms with E-state index in [1.165, 1.54) is 0 Å². The van der Waals surface area contributed by atoms with Crippen LogP contribution in [0.15, 0.2) is 182 Å². The Morgan fingerprint density at radius 2 is 0.960 bits per heavy atom. The molecule has 0 spiro atoms. The van der Waals surface area contributed by atoms with Crippen LogP contribution in [0.25, 0.3) is 44.9 Å². The molecule has 0 saturated carbocycles. The minimum absolute atomic E-state index is 0.0640. The van der Waals surface area contributed by atoms with Gasteiger partial charge in [-0.25, -0.2) is 15.0 Å². The number of nitrogens with zero attached hydrogens (tertiary/aromatic N) is 4. The maximum atomic E-state index is 8.97. The van der Waals surface area contributed by atoms with Crippen LogP contribution in [-0.4, -0.2) is 20.8 Å². The number of fused-ring (bicyclic) bond motifs is 1. The lowest BCUT2D eigenvalue weighted by Crippen LogP contribution is -2.17. The fraction of sp³-hybridized carbons (Fsp3) is 0. The maximum absolute atomic E-state index is 8.97. The Kier molecular flexibility index (Phi) is 8.31. The summed E-state index contributed by atoms with van der Waals surface area (Å²) < 4.78 is 6.02. The maximum Gasteiger partial charge on any atom is 0.221 e. The molecule has 50 heavy (non-hydrogen) atoms. The molecule has 8 aromatic rings. The van der Waals surface area contributed by atoms with E-state index in [2.05, 4.69) is 53.4 Å². The highest BCUT2D eigenvalue weighted by Crippen LogP contribution is 2.39. The molecule has 6 heteroatoms. The normalized spacial score (nSPS) is 10.9. The zero-order valence-corrected chi connectivity index (χ0v) is 27.0. The third kappa shape index (κ3) is 6.33. The summed E-state index contributed by atoms with van der Waals surface area (Å²) in [4.78, 5) is 16.9. The summed E-state index contributed by atoms with van der Waals surface area (Å²) in [6.07, 6.45) is 0. The monoisotopic (exact) mass is 645 g/mol. The molecule has 1 heterocycles. The van der Waals surface area contributed by atoms with Gasteiger partial charge in [-0.15, -0.1) is 0 Å². The van der Waals surface area contributed by atoms with E-state index >= 15 is 0 Å². The van der Waals surface area contributed by atoms with Crippen LogP contribution in [0.2, 0.25) is 0 Å². The zero-order valence-electron chi connectivity index (χ0n) is 27.0. The Morgan fingerprint density at radius 1 is 0.440 bits per heavy atom. The van der Waals surface area contributed by atoms with Crippen molar-refractivity contribution in [2.24, 2.45) is 0 Å². The molecule has 6 nitrogen and oxygen atoms in total. The number of aromatic nitrogens is 3. The van der Waals surface area contributed by atoms with Gasteiger partial charge in [0, 0.05) is 28.1 Å². The van der Waals surface area contributed by atoms with Gasteiger partial charge in [0.15, 0.2) is 17.5 Å². The largest absolute Gasteiger partial charge is 0.439 e. The molecule has 0 radical (unpaired) electrons. The highest BCUT2D eigenvalue weighted by Gasteiger charge is 2.20. The third-order valence-corrected chi connectivity index (χ3v) is 8.41. The van der Waals surface area contributed by atoms with E-state index in [1.807, 2.05) is 133 Å². The molecule has 238 valence electrons. The van der Waals surface area contributed by atoms with Gasteiger partial charge in [-0.3, -0.25) is 5.41 Å². The Bertz CT molecular complexity index is 2360. The van der Waals surface area contributed by atoms with E-state index < -0.39 is 0 Å². The molecule has 0 bridgehead atoms. The number of hydrogen-bond acceptors (Lipinski definition) is 6. The van der Waals surface area contributed by atoms with E-state index in [4.69, 9.17) is 25.1 Å². The van der Waals surface area contributed by atoms with Crippen LogP contribution < -0.4 is 9.64 Å². The predicted octanol–water partition coefficient (Wildman–Crippen LogP) is 10.9. The van der Waals surface area contributed by atoms with Gasteiger partial charge in [0.25, 0.3) is 0 Å². The Hall–Kier alpha value is -6.92. The summed E-state index contributed by atoms with van der Waals surface area (Å²) in [6.45, 7) is 0. The smallest absolute Gasteiger partial charge is 0.221 e. The van der Waals surface area contributed by atoms with E-state index in [0.717, 1.165) is 44.5 Å². The molecule has 0 unspecified atom stereocenters. The second kappa shape index (κ2) is 13.7. The molecule has 0 aliphatic carbocycles. The molecule has 8 rings (SSSR count). The van der Waals surface area contributed by atoms with Gasteiger partial charge in [-0.2, -0.15) is 0 Å². The molecular formula is C44H31N5O. The summed E-state index contributed by atoms with van der Waals surface area (Å²) in [5.74, 6) is 2.52. The van der Waals surface area contributed by atoms with E-state index in [0.29, 0.717) is 28.8 Å². The lowest BCUT2D eigenvalue weighted by Gasteiger charge is -2.28. The first-order valence-corrected chi connectivity index (χ1v) is 16.4. The number of hydrogen-bond donors (Lipinski definition) is 1. The fourth-order valence-corrected chi connectivity index (χ4v) is 5.98. The molecule has 1 N–H and O–H groups in total. The molecule has 0 saturated heterocycles. The van der Waals surface area contributed by atoms with Crippen LogP contribution in [0.5, 0.6) is 5.75 Å². The molecule has 0 amide bonds. The number of para-hydroxylation sites is 3. The molecule has 1 aromatic heterocycles. The minimum atomic E-state index is 0.0640. The second-order valence-corrected chi connectivity index (χ2v) is 11.7. The molecule has 0 fully saturated rings. The molecule has 0 aliphatic heterocycles. The van der Waals surface area contributed by atoms with Crippen LogP contribution in [0.1, 0.15) is 5.56 Å². The Morgan fingerprint density at radius 3 is 1.60 bits per heavy atom. The first-order chi connectivity index (χ1) is 24.7. The van der Waals surface area contributed by atoms with E-state index in [1.54, 1.807) is 0 Å². The van der Waals surface area contributed by atoms with Crippen molar-refractivity contribution < 1.29 is 4.74 Å². The Labute approximate surface area is 290 Å². The summed E-state index contributed by atoms with van der Waals surface area (Å²) in [5, 5.41) is 11.1. The van der Waals surface area contributed by atoms with Crippen molar-refractivity contribution in [1.82, 2.24) is 15.0 Å². The van der Waals surface area contributed by atoms with Crippen molar-refractivity contribution in [3.63, 3.8) is 0 Å². The summed E-state index contributed by atoms with van der Waals surface area (Å²) >= 11 is 0. The van der Waals surface area contributed by atoms with Gasteiger partial charge in [-0.05, 0) is 65.4 Å². The van der Waals surface area contributed by atoms with Gasteiger partial charge in [0.05, 0.1) is 11.3 Å². The van der Waals surface area contributed by atoms with Crippen molar-refractivity contribution in [1.29, 1.82) is 5.41 Å². The first kappa shape index (κ1) is 30.4. The number of nitrogens with one attached hydrogen (secondary N) is 1. The number of benzene rings is 7. The number of anilines is 3. The van der Waals surface area contributed by atoms with Crippen molar-refractivity contribution in [3.05, 3.63) is 188 Å².